The molecule has 10 heteroatoms. The van der Waals surface area contributed by atoms with Crippen molar-refractivity contribution in [1.82, 2.24) is 0 Å². The fraction of sp³-hybridized carbons (Fsp3) is 0.462. The third-order valence-electron chi connectivity index (χ3n) is 7.04. The van der Waals surface area contributed by atoms with Gasteiger partial charge in [-0.25, -0.2) is 9.18 Å². The van der Waals surface area contributed by atoms with Crippen molar-refractivity contribution in [2.75, 3.05) is 5.32 Å². The maximum atomic E-state index is 14.7. The SMILES string of the molecule is CCCCC(O)C(O)(CC1(c2cc(C(F)(F)F)ccc2F)CC1)C(=O)Nc1ccc2c(c1)COC2=O. The first-order valence-electron chi connectivity index (χ1n) is 11.8. The van der Waals surface area contributed by atoms with Gasteiger partial charge in [-0.1, -0.05) is 19.8 Å². The fourth-order valence-electron chi connectivity index (χ4n) is 4.75. The Labute approximate surface area is 205 Å². The number of carbonyl (C=O) groups is 2. The van der Waals surface area contributed by atoms with Crippen LogP contribution in [0.2, 0.25) is 0 Å². The number of nitrogens with one attached hydrogen (secondary N) is 1. The number of aliphatic hydroxyl groups excluding tert-OH is 1. The van der Waals surface area contributed by atoms with Crippen molar-refractivity contribution in [2.45, 2.75) is 75.4 Å². The number of anilines is 1. The lowest BCUT2D eigenvalue weighted by molar-refractivity contribution is -0.151. The number of unbranched alkanes of at least 4 members (excludes halogenated alkanes) is 1. The highest BCUT2D eigenvalue weighted by Crippen LogP contribution is 2.55. The minimum atomic E-state index is -4.69. The maximum Gasteiger partial charge on any atom is 0.416 e. The number of esters is 1. The Hall–Kier alpha value is -2.98. The Bertz CT molecular complexity index is 1180. The lowest BCUT2D eigenvalue weighted by Crippen LogP contribution is -2.54. The second-order valence-corrected chi connectivity index (χ2v) is 9.63. The molecule has 2 aromatic rings. The topological polar surface area (TPSA) is 95.9 Å². The van der Waals surface area contributed by atoms with E-state index < -0.39 is 53.0 Å². The highest BCUT2D eigenvalue weighted by molar-refractivity contribution is 5.99. The van der Waals surface area contributed by atoms with Crippen molar-refractivity contribution >= 4 is 17.6 Å². The average molecular weight is 509 g/mol. The number of ether oxygens (including phenoxy) is 1. The van der Waals surface area contributed by atoms with Gasteiger partial charge in [0.05, 0.1) is 17.2 Å². The predicted molar refractivity (Wildman–Crippen MR) is 122 cm³/mol. The van der Waals surface area contributed by atoms with Crippen LogP contribution in [-0.2, 0) is 27.7 Å². The van der Waals surface area contributed by atoms with E-state index in [4.69, 9.17) is 4.74 Å². The summed E-state index contributed by atoms with van der Waals surface area (Å²) in [6, 6.07) is 6.52. The molecule has 0 aromatic heterocycles. The van der Waals surface area contributed by atoms with Crippen LogP contribution in [0.15, 0.2) is 36.4 Å². The number of rotatable bonds is 9. The molecule has 1 aliphatic heterocycles. The van der Waals surface area contributed by atoms with Crippen molar-refractivity contribution in [2.24, 2.45) is 0 Å². The number of aliphatic hydroxyl groups is 2. The largest absolute Gasteiger partial charge is 0.457 e. The number of hydrogen-bond acceptors (Lipinski definition) is 5. The molecule has 0 saturated heterocycles. The molecule has 3 N–H and O–H groups in total. The van der Waals surface area contributed by atoms with Crippen LogP contribution in [0.5, 0.6) is 0 Å². The summed E-state index contributed by atoms with van der Waals surface area (Å²) in [6.07, 6.45) is -4.97. The maximum absolute atomic E-state index is 14.7. The highest BCUT2D eigenvalue weighted by Gasteiger charge is 2.56. The quantitative estimate of drug-likeness (QED) is 0.332. The molecule has 4 rings (SSSR count). The molecule has 2 unspecified atom stereocenters. The third kappa shape index (κ3) is 4.97. The molecule has 0 spiro atoms. The highest BCUT2D eigenvalue weighted by atomic mass is 19.4. The first kappa shape index (κ1) is 26.1. The van der Waals surface area contributed by atoms with Gasteiger partial charge in [0.1, 0.15) is 12.4 Å². The van der Waals surface area contributed by atoms with Gasteiger partial charge in [-0.05, 0) is 67.6 Å². The number of carbonyl (C=O) groups excluding carboxylic acids is 2. The summed E-state index contributed by atoms with van der Waals surface area (Å²) in [5, 5.41) is 25.0. The molecule has 36 heavy (non-hydrogen) atoms. The minimum absolute atomic E-state index is 0.0270. The second kappa shape index (κ2) is 9.48. The van der Waals surface area contributed by atoms with Crippen LogP contribution < -0.4 is 5.32 Å². The zero-order valence-electron chi connectivity index (χ0n) is 19.6. The van der Waals surface area contributed by atoms with Crippen LogP contribution in [0, 0.1) is 5.82 Å². The lowest BCUT2D eigenvalue weighted by Gasteiger charge is -2.35. The molecule has 0 bridgehead atoms. The summed E-state index contributed by atoms with van der Waals surface area (Å²) < 4.78 is 59.6. The Morgan fingerprint density at radius 3 is 2.56 bits per heavy atom. The fourth-order valence-corrected chi connectivity index (χ4v) is 4.75. The zero-order valence-corrected chi connectivity index (χ0v) is 19.6. The first-order chi connectivity index (χ1) is 16.9. The monoisotopic (exact) mass is 509 g/mol. The number of cyclic esters (lactones) is 1. The Morgan fingerprint density at radius 2 is 1.92 bits per heavy atom. The average Bonchev–Trinajstić information content (AvgIpc) is 3.50. The van der Waals surface area contributed by atoms with Gasteiger partial charge in [0.25, 0.3) is 5.91 Å². The number of alkyl halides is 3. The minimum Gasteiger partial charge on any atom is -0.457 e. The molecule has 1 heterocycles. The molecule has 1 amide bonds. The van der Waals surface area contributed by atoms with E-state index in [0.717, 1.165) is 12.1 Å². The van der Waals surface area contributed by atoms with Crippen molar-refractivity contribution in [3.8, 4) is 0 Å². The molecule has 1 fully saturated rings. The van der Waals surface area contributed by atoms with E-state index in [1.54, 1.807) is 0 Å². The van der Waals surface area contributed by atoms with Crippen LogP contribution in [0.25, 0.3) is 0 Å². The van der Waals surface area contributed by atoms with Crippen LogP contribution in [0.3, 0.4) is 0 Å². The summed E-state index contributed by atoms with van der Waals surface area (Å²) >= 11 is 0. The van der Waals surface area contributed by atoms with Gasteiger partial charge in [0.2, 0.25) is 0 Å². The van der Waals surface area contributed by atoms with Gasteiger partial charge >= 0.3 is 12.1 Å². The molecular formula is C26H27F4NO5. The van der Waals surface area contributed by atoms with Crippen molar-refractivity contribution in [3.05, 3.63) is 64.5 Å². The summed E-state index contributed by atoms with van der Waals surface area (Å²) in [6.45, 7) is 1.89. The Balaban J connectivity index is 1.65. The summed E-state index contributed by atoms with van der Waals surface area (Å²) in [4.78, 5) is 25.0. The van der Waals surface area contributed by atoms with E-state index in [1.165, 1.54) is 18.2 Å². The smallest absolute Gasteiger partial charge is 0.416 e. The van der Waals surface area contributed by atoms with E-state index in [1.807, 2.05) is 6.92 Å². The Morgan fingerprint density at radius 1 is 1.19 bits per heavy atom. The number of amides is 1. The van der Waals surface area contributed by atoms with Crippen molar-refractivity contribution in [1.29, 1.82) is 0 Å². The van der Waals surface area contributed by atoms with Crippen molar-refractivity contribution in [3.63, 3.8) is 0 Å². The summed E-state index contributed by atoms with van der Waals surface area (Å²) in [5.41, 5.74) is -3.77. The molecule has 194 valence electrons. The summed E-state index contributed by atoms with van der Waals surface area (Å²) in [5.74, 6) is -2.32. The molecular weight excluding hydrogens is 482 g/mol. The molecule has 1 saturated carbocycles. The van der Waals surface area contributed by atoms with Gasteiger partial charge < -0.3 is 20.3 Å². The van der Waals surface area contributed by atoms with Gasteiger partial charge in [0.15, 0.2) is 5.60 Å². The molecule has 2 aliphatic rings. The number of fused-ring (bicyclic) bond motifs is 1. The van der Waals surface area contributed by atoms with E-state index in [0.29, 0.717) is 30.0 Å². The zero-order chi connectivity index (χ0) is 26.3. The van der Waals surface area contributed by atoms with E-state index in [9.17, 15) is 37.4 Å². The van der Waals surface area contributed by atoms with E-state index in [2.05, 4.69) is 5.32 Å². The van der Waals surface area contributed by atoms with Gasteiger partial charge in [-0.2, -0.15) is 13.2 Å². The predicted octanol–water partition coefficient (Wildman–Crippen LogP) is 4.86. The lowest BCUT2D eigenvalue weighted by atomic mass is 9.78. The van der Waals surface area contributed by atoms with Crippen LogP contribution in [0.4, 0.5) is 23.2 Å². The standard InChI is InChI=1S/C26H27F4NO5/c1-2-3-4-21(32)25(35,23(34)31-17-6-7-18-15(11-17)13-36-22(18)33)14-24(9-10-24)19-12-16(26(28,29)30)5-8-20(19)27/h5-8,11-12,21,32,35H,2-4,9-10,13-14H2,1H3,(H,31,34). The van der Waals surface area contributed by atoms with Gasteiger partial charge in [0, 0.05) is 16.7 Å². The molecule has 0 radical (unpaired) electrons. The van der Waals surface area contributed by atoms with E-state index >= 15 is 0 Å². The number of halogens is 4. The third-order valence-corrected chi connectivity index (χ3v) is 7.04. The second-order valence-electron chi connectivity index (χ2n) is 9.63. The van der Waals surface area contributed by atoms with Gasteiger partial charge in [-0.3, -0.25) is 4.79 Å². The normalized spacial score (nSPS) is 18.7. The van der Waals surface area contributed by atoms with Crippen molar-refractivity contribution < 1.29 is 42.1 Å². The van der Waals surface area contributed by atoms with E-state index in [-0.39, 0.29) is 37.1 Å². The van der Waals surface area contributed by atoms with Crippen LogP contribution >= 0.6 is 0 Å². The van der Waals surface area contributed by atoms with Crippen LogP contribution in [0.1, 0.15) is 72.5 Å². The molecule has 2 atom stereocenters. The van der Waals surface area contributed by atoms with Crippen LogP contribution in [-0.4, -0.2) is 33.8 Å². The number of hydrogen-bond donors (Lipinski definition) is 3. The molecule has 1 aliphatic carbocycles. The molecule has 6 nitrogen and oxygen atoms in total. The summed E-state index contributed by atoms with van der Waals surface area (Å²) in [7, 11) is 0. The molecule has 2 aromatic carbocycles. The Kier molecular flexibility index (Phi) is 6.87. The first-order valence-corrected chi connectivity index (χ1v) is 11.8. The van der Waals surface area contributed by atoms with Gasteiger partial charge in [-0.15, -0.1) is 0 Å². The number of benzene rings is 2.